The second-order valence-corrected chi connectivity index (χ2v) is 3.34. The van der Waals surface area contributed by atoms with E-state index in [0.717, 1.165) is 31.1 Å². The zero-order valence-corrected chi connectivity index (χ0v) is 9.40. The Bertz CT molecular complexity index is 289. The van der Waals surface area contributed by atoms with Crippen molar-refractivity contribution in [3.8, 4) is 0 Å². The van der Waals surface area contributed by atoms with Crippen molar-refractivity contribution in [2.24, 2.45) is 5.73 Å². The summed E-state index contributed by atoms with van der Waals surface area (Å²) in [4.78, 5) is 10.4. The molecule has 5 nitrogen and oxygen atoms in total. The van der Waals surface area contributed by atoms with Gasteiger partial charge >= 0.3 is 0 Å². The molecule has 1 aromatic heterocycles. The zero-order valence-electron chi connectivity index (χ0n) is 9.40. The van der Waals surface area contributed by atoms with Gasteiger partial charge in [-0.3, -0.25) is 0 Å². The first-order chi connectivity index (χ1) is 7.27. The average Bonchev–Trinajstić information content (AvgIpc) is 2.29. The molecule has 0 aliphatic heterocycles. The van der Waals surface area contributed by atoms with Gasteiger partial charge in [0.2, 0.25) is 0 Å². The van der Waals surface area contributed by atoms with E-state index in [1.807, 2.05) is 13.1 Å². The van der Waals surface area contributed by atoms with Crippen molar-refractivity contribution in [3.05, 3.63) is 12.4 Å². The minimum absolute atomic E-state index is 0.694. The highest BCUT2D eigenvalue weighted by Crippen LogP contribution is 2.11. The van der Waals surface area contributed by atoms with Crippen LogP contribution in [-0.2, 0) is 0 Å². The van der Waals surface area contributed by atoms with E-state index in [1.54, 1.807) is 6.33 Å². The van der Waals surface area contributed by atoms with E-state index in [2.05, 4.69) is 27.1 Å². The van der Waals surface area contributed by atoms with Crippen molar-refractivity contribution in [3.63, 3.8) is 0 Å². The van der Waals surface area contributed by atoms with Crippen molar-refractivity contribution in [2.75, 3.05) is 36.9 Å². The topological polar surface area (TPSA) is 67.1 Å². The third kappa shape index (κ3) is 3.71. The second kappa shape index (κ2) is 6.19. The van der Waals surface area contributed by atoms with E-state index >= 15 is 0 Å². The summed E-state index contributed by atoms with van der Waals surface area (Å²) >= 11 is 0. The lowest BCUT2D eigenvalue weighted by atomic mass is 10.4. The van der Waals surface area contributed by atoms with E-state index in [-0.39, 0.29) is 0 Å². The van der Waals surface area contributed by atoms with Gasteiger partial charge in [-0.2, -0.15) is 0 Å². The molecule has 0 aromatic carbocycles. The molecule has 84 valence electrons. The maximum absolute atomic E-state index is 5.41. The number of rotatable bonds is 6. The molecule has 3 N–H and O–H groups in total. The molecule has 1 rings (SSSR count). The summed E-state index contributed by atoms with van der Waals surface area (Å²) in [6.07, 6.45) is 2.52. The Morgan fingerprint density at radius 1 is 1.47 bits per heavy atom. The molecule has 0 saturated heterocycles. The minimum Gasteiger partial charge on any atom is -0.370 e. The standard InChI is InChI=1S/C10H19N5/c1-3-15(2)10-7-9(13-8-14-10)12-6-4-5-11/h7-8H,3-6,11H2,1-2H3,(H,12,13,14). The van der Waals surface area contributed by atoms with Gasteiger partial charge in [-0.1, -0.05) is 0 Å². The summed E-state index contributed by atoms with van der Waals surface area (Å²) in [5, 5.41) is 3.21. The van der Waals surface area contributed by atoms with Gasteiger partial charge in [0.05, 0.1) is 0 Å². The molecule has 15 heavy (non-hydrogen) atoms. The maximum atomic E-state index is 5.41. The highest BCUT2D eigenvalue weighted by Gasteiger charge is 2.01. The maximum Gasteiger partial charge on any atom is 0.133 e. The predicted octanol–water partition coefficient (Wildman–Crippen LogP) is 0.693. The molecule has 0 atom stereocenters. The van der Waals surface area contributed by atoms with E-state index in [4.69, 9.17) is 5.73 Å². The van der Waals surface area contributed by atoms with E-state index in [0.29, 0.717) is 6.54 Å². The fourth-order valence-corrected chi connectivity index (χ4v) is 1.13. The van der Waals surface area contributed by atoms with Crippen molar-refractivity contribution >= 4 is 11.6 Å². The number of hydrogen-bond donors (Lipinski definition) is 2. The Morgan fingerprint density at radius 2 is 2.27 bits per heavy atom. The van der Waals surface area contributed by atoms with Crippen LogP contribution < -0.4 is 16.0 Å². The van der Waals surface area contributed by atoms with E-state index in [9.17, 15) is 0 Å². The van der Waals surface area contributed by atoms with Crippen molar-refractivity contribution in [1.29, 1.82) is 0 Å². The van der Waals surface area contributed by atoms with E-state index < -0.39 is 0 Å². The molecule has 1 heterocycles. The molecule has 0 saturated carbocycles. The number of nitrogens with two attached hydrogens (primary N) is 1. The SMILES string of the molecule is CCN(C)c1cc(NCCCN)ncn1. The van der Waals surface area contributed by atoms with Gasteiger partial charge in [0.15, 0.2) is 0 Å². The lowest BCUT2D eigenvalue weighted by Crippen LogP contribution is -2.18. The molecule has 0 amide bonds. The van der Waals surface area contributed by atoms with Crippen molar-refractivity contribution < 1.29 is 0 Å². The van der Waals surface area contributed by atoms with Crippen molar-refractivity contribution in [1.82, 2.24) is 9.97 Å². The predicted molar refractivity (Wildman–Crippen MR) is 63.1 cm³/mol. The Morgan fingerprint density at radius 3 is 2.93 bits per heavy atom. The number of nitrogens with zero attached hydrogens (tertiary/aromatic N) is 3. The summed E-state index contributed by atoms with van der Waals surface area (Å²) in [6, 6.07) is 1.94. The fraction of sp³-hybridized carbons (Fsp3) is 0.600. The number of anilines is 2. The Balaban J connectivity index is 2.57. The summed E-state index contributed by atoms with van der Waals surface area (Å²) in [7, 11) is 2.01. The summed E-state index contributed by atoms with van der Waals surface area (Å²) < 4.78 is 0. The van der Waals surface area contributed by atoms with Crippen LogP contribution in [0.2, 0.25) is 0 Å². The third-order valence-electron chi connectivity index (χ3n) is 2.21. The fourth-order valence-electron chi connectivity index (χ4n) is 1.13. The molecule has 0 aliphatic carbocycles. The lowest BCUT2D eigenvalue weighted by Gasteiger charge is -2.15. The van der Waals surface area contributed by atoms with Crippen LogP contribution in [0, 0.1) is 0 Å². The van der Waals surface area contributed by atoms with Crippen LogP contribution in [0.4, 0.5) is 11.6 Å². The average molecular weight is 209 g/mol. The molecule has 0 fully saturated rings. The van der Waals surface area contributed by atoms with Gasteiger partial charge in [-0.25, -0.2) is 9.97 Å². The van der Waals surface area contributed by atoms with Gasteiger partial charge in [-0.05, 0) is 19.9 Å². The number of hydrogen-bond acceptors (Lipinski definition) is 5. The third-order valence-corrected chi connectivity index (χ3v) is 2.21. The van der Waals surface area contributed by atoms with Crippen LogP contribution in [0.5, 0.6) is 0 Å². The molecule has 0 bridgehead atoms. The molecule has 0 unspecified atom stereocenters. The molecular formula is C10H19N5. The highest BCUT2D eigenvalue weighted by molar-refractivity contribution is 5.47. The second-order valence-electron chi connectivity index (χ2n) is 3.34. The molecular weight excluding hydrogens is 190 g/mol. The van der Waals surface area contributed by atoms with Gasteiger partial charge in [0.25, 0.3) is 0 Å². The lowest BCUT2D eigenvalue weighted by molar-refractivity contribution is 0.866. The first-order valence-electron chi connectivity index (χ1n) is 5.25. The number of aromatic nitrogens is 2. The smallest absolute Gasteiger partial charge is 0.133 e. The molecule has 0 radical (unpaired) electrons. The molecule has 1 aromatic rings. The summed E-state index contributed by atoms with van der Waals surface area (Å²) in [5.41, 5.74) is 5.41. The Kier molecular flexibility index (Phi) is 4.83. The quantitative estimate of drug-likeness (QED) is 0.675. The summed E-state index contributed by atoms with van der Waals surface area (Å²) in [5.74, 6) is 1.79. The normalized spacial score (nSPS) is 10.1. The zero-order chi connectivity index (χ0) is 11.1. The van der Waals surface area contributed by atoms with Crippen LogP contribution in [0.1, 0.15) is 13.3 Å². The Hall–Kier alpha value is -1.36. The van der Waals surface area contributed by atoms with Gasteiger partial charge in [0, 0.05) is 26.2 Å². The van der Waals surface area contributed by atoms with Crippen molar-refractivity contribution in [2.45, 2.75) is 13.3 Å². The van der Waals surface area contributed by atoms with Gasteiger partial charge in [-0.15, -0.1) is 0 Å². The van der Waals surface area contributed by atoms with Gasteiger partial charge < -0.3 is 16.0 Å². The van der Waals surface area contributed by atoms with Crippen LogP contribution >= 0.6 is 0 Å². The monoisotopic (exact) mass is 209 g/mol. The first kappa shape index (κ1) is 11.7. The largest absolute Gasteiger partial charge is 0.370 e. The number of nitrogens with one attached hydrogen (secondary N) is 1. The van der Waals surface area contributed by atoms with Crippen LogP contribution in [-0.4, -0.2) is 36.6 Å². The van der Waals surface area contributed by atoms with E-state index in [1.165, 1.54) is 0 Å². The minimum atomic E-state index is 0.694. The van der Waals surface area contributed by atoms with Crippen LogP contribution in [0.3, 0.4) is 0 Å². The first-order valence-corrected chi connectivity index (χ1v) is 5.25. The van der Waals surface area contributed by atoms with Crippen LogP contribution in [0.25, 0.3) is 0 Å². The van der Waals surface area contributed by atoms with Crippen LogP contribution in [0.15, 0.2) is 12.4 Å². The summed E-state index contributed by atoms with van der Waals surface area (Å²) in [6.45, 7) is 4.56. The highest BCUT2D eigenvalue weighted by atomic mass is 15.2. The molecule has 0 aliphatic rings. The van der Waals surface area contributed by atoms with Gasteiger partial charge in [0.1, 0.15) is 18.0 Å². The molecule has 5 heteroatoms. The Labute approximate surface area is 90.7 Å². The molecule has 0 spiro atoms.